The molecule has 0 fully saturated rings. The predicted octanol–water partition coefficient (Wildman–Crippen LogP) is 20.8. The summed E-state index contributed by atoms with van der Waals surface area (Å²) in [5.74, 6) is -0.943. The molecule has 6 heteroatoms. The van der Waals surface area contributed by atoms with Crippen molar-refractivity contribution >= 4 is 17.9 Å². The van der Waals surface area contributed by atoms with Gasteiger partial charge >= 0.3 is 17.9 Å². The lowest BCUT2D eigenvalue weighted by molar-refractivity contribution is -0.167. The highest BCUT2D eigenvalue weighted by Crippen LogP contribution is 2.15. The van der Waals surface area contributed by atoms with Crippen LogP contribution in [0.25, 0.3) is 0 Å². The molecule has 0 N–H and O–H groups in total. The summed E-state index contributed by atoms with van der Waals surface area (Å²) in [6, 6.07) is 0. The zero-order chi connectivity index (χ0) is 53.6. The van der Waals surface area contributed by atoms with Crippen LogP contribution in [0.15, 0.2) is 122 Å². The molecule has 420 valence electrons. The van der Waals surface area contributed by atoms with Crippen molar-refractivity contribution in [1.29, 1.82) is 0 Å². The maximum Gasteiger partial charge on any atom is 0.306 e. The van der Waals surface area contributed by atoms with E-state index in [1.165, 1.54) is 109 Å². The molecule has 0 spiro atoms. The van der Waals surface area contributed by atoms with E-state index in [0.29, 0.717) is 19.3 Å². The lowest BCUT2D eigenvalue weighted by atomic mass is 10.0. The summed E-state index contributed by atoms with van der Waals surface area (Å²) in [6.07, 6.45) is 85.1. The van der Waals surface area contributed by atoms with Gasteiger partial charge in [-0.1, -0.05) is 264 Å². The summed E-state index contributed by atoms with van der Waals surface area (Å²) in [7, 11) is 0. The number of allylic oxidation sites excluding steroid dienone is 20. The van der Waals surface area contributed by atoms with Crippen molar-refractivity contribution in [3.63, 3.8) is 0 Å². The third kappa shape index (κ3) is 58.7. The first-order valence-electron chi connectivity index (χ1n) is 30.5. The number of carbonyl (C=O) groups is 3. The van der Waals surface area contributed by atoms with Gasteiger partial charge in [0.25, 0.3) is 0 Å². The maximum atomic E-state index is 12.8. The van der Waals surface area contributed by atoms with E-state index < -0.39 is 6.10 Å². The largest absolute Gasteiger partial charge is 0.462 e. The van der Waals surface area contributed by atoms with E-state index in [0.717, 1.165) is 116 Å². The van der Waals surface area contributed by atoms with Crippen LogP contribution in [0.5, 0.6) is 0 Å². The molecule has 0 aliphatic rings. The van der Waals surface area contributed by atoms with Crippen molar-refractivity contribution < 1.29 is 28.6 Å². The van der Waals surface area contributed by atoms with E-state index >= 15 is 0 Å². The standard InChI is InChI=1S/C68H112O6/c1-4-7-10-13-16-19-21-23-25-27-29-31-32-33-34-35-36-38-39-41-43-45-47-49-52-55-58-61-67(70)73-64-65(63-72-66(69)60-57-54-51-18-15-12-9-6-3)74-68(71)62-59-56-53-50-48-46-44-42-40-37-30-28-26-24-22-20-17-14-11-8-5-2/h7-8,10-11,16-17,19-20,23-26,29-31,37,42,44,48,50,65H,4-6,9,12-15,18,21-22,27-28,32-36,38-41,43,45-47,49,51-64H2,1-3H3/b10-7-,11-8-,19-16-,20-17-,25-23-,26-24-,31-29-,37-30-,44-42-,50-48-. The molecule has 0 aromatic rings. The molecular weight excluding hydrogens is 913 g/mol. The third-order valence-corrected chi connectivity index (χ3v) is 12.7. The van der Waals surface area contributed by atoms with Crippen LogP contribution in [0.4, 0.5) is 0 Å². The van der Waals surface area contributed by atoms with Gasteiger partial charge in [0.1, 0.15) is 13.2 Å². The van der Waals surface area contributed by atoms with Crippen LogP contribution in [0.2, 0.25) is 0 Å². The number of unbranched alkanes of at least 4 members (excludes halogenated alkanes) is 23. The second kappa shape index (κ2) is 61.4. The van der Waals surface area contributed by atoms with Crippen LogP contribution in [0.1, 0.15) is 271 Å². The Balaban J connectivity index is 4.25. The number of hydrogen-bond donors (Lipinski definition) is 0. The normalized spacial score (nSPS) is 13.0. The lowest BCUT2D eigenvalue weighted by Crippen LogP contribution is -2.30. The Morgan fingerprint density at radius 2 is 0.527 bits per heavy atom. The van der Waals surface area contributed by atoms with E-state index in [1.54, 1.807) is 0 Å². The van der Waals surface area contributed by atoms with Crippen molar-refractivity contribution in [2.24, 2.45) is 0 Å². The van der Waals surface area contributed by atoms with Gasteiger partial charge in [-0.2, -0.15) is 0 Å². The van der Waals surface area contributed by atoms with E-state index in [9.17, 15) is 14.4 Å². The summed E-state index contributed by atoms with van der Waals surface area (Å²) in [5, 5.41) is 0. The Hall–Kier alpha value is -4.19. The Labute approximate surface area is 456 Å². The molecule has 0 saturated heterocycles. The smallest absolute Gasteiger partial charge is 0.306 e. The van der Waals surface area contributed by atoms with Gasteiger partial charge in [-0.25, -0.2) is 0 Å². The summed E-state index contributed by atoms with van der Waals surface area (Å²) in [6.45, 7) is 6.35. The van der Waals surface area contributed by atoms with Gasteiger partial charge in [-0.05, 0) is 109 Å². The Morgan fingerprint density at radius 3 is 0.851 bits per heavy atom. The molecule has 0 saturated carbocycles. The van der Waals surface area contributed by atoms with Crippen molar-refractivity contribution in [1.82, 2.24) is 0 Å². The lowest BCUT2D eigenvalue weighted by Gasteiger charge is -2.18. The monoisotopic (exact) mass is 1020 g/mol. The fourth-order valence-corrected chi connectivity index (χ4v) is 8.20. The van der Waals surface area contributed by atoms with Crippen LogP contribution >= 0.6 is 0 Å². The molecule has 0 amide bonds. The molecule has 0 radical (unpaired) electrons. The molecule has 0 aliphatic heterocycles. The Kier molecular flexibility index (Phi) is 57.9. The van der Waals surface area contributed by atoms with Crippen molar-refractivity contribution in [3.05, 3.63) is 122 Å². The molecular formula is C68H112O6. The quantitative estimate of drug-likeness (QED) is 0.0261. The molecule has 0 aromatic heterocycles. The minimum Gasteiger partial charge on any atom is -0.462 e. The maximum absolute atomic E-state index is 12.8. The fraction of sp³-hybridized carbons (Fsp3) is 0.662. The van der Waals surface area contributed by atoms with Crippen molar-refractivity contribution in [2.75, 3.05) is 13.2 Å². The molecule has 1 atom stereocenters. The van der Waals surface area contributed by atoms with Gasteiger partial charge in [-0.3, -0.25) is 14.4 Å². The van der Waals surface area contributed by atoms with Gasteiger partial charge in [0.15, 0.2) is 6.10 Å². The second-order valence-electron chi connectivity index (χ2n) is 19.9. The molecule has 6 nitrogen and oxygen atoms in total. The number of rotatable bonds is 54. The number of hydrogen-bond acceptors (Lipinski definition) is 6. The average Bonchev–Trinajstić information content (AvgIpc) is 3.40. The summed E-state index contributed by atoms with van der Waals surface area (Å²) < 4.78 is 16.8. The molecule has 0 heterocycles. The van der Waals surface area contributed by atoms with Crippen LogP contribution < -0.4 is 0 Å². The fourth-order valence-electron chi connectivity index (χ4n) is 8.20. The van der Waals surface area contributed by atoms with E-state index in [4.69, 9.17) is 14.2 Å². The predicted molar refractivity (Wildman–Crippen MR) is 320 cm³/mol. The summed E-state index contributed by atoms with van der Waals surface area (Å²) >= 11 is 0. The van der Waals surface area contributed by atoms with E-state index in [2.05, 4.69) is 142 Å². The van der Waals surface area contributed by atoms with E-state index in [1.807, 2.05) is 0 Å². The molecule has 0 rings (SSSR count). The molecule has 0 aromatic carbocycles. The minimum absolute atomic E-state index is 0.0961. The average molecular weight is 1030 g/mol. The summed E-state index contributed by atoms with van der Waals surface area (Å²) in [5.41, 5.74) is 0. The molecule has 0 bridgehead atoms. The highest BCUT2D eigenvalue weighted by Gasteiger charge is 2.19. The Bertz CT molecular complexity index is 1550. The highest BCUT2D eigenvalue weighted by atomic mass is 16.6. The van der Waals surface area contributed by atoms with Crippen LogP contribution in [-0.2, 0) is 28.6 Å². The first-order chi connectivity index (χ1) is 36.5. The summed E-state index contributed by atoms with van der Waals surface area (Å²) in [4.78, 5) is 38.1. The number of esters is 3. The second-order valence-corrected chi connectivity index (χ2v) is 19.9. The van der Waals surface area contributed by atoms with Crippen molar-refractivity contribution in [2.45, 2.75) is 277 Å². The zero-order valence-corrected chi connectivity index (χ0v) is 48.1. The first kappa shape index (κ1) is 69.8. The van der Waals surface area contributed by atoms with Crippen molar-refractivity contribution in [3.8, 4) is 0 Å². The SMILES string of the molecule is CC/C=C\C/C=C\C/C=C\C/C=C\C/C=C\C/C=C\CCCCC(=O)OC(COC(=O)CCCCCCCCCC)COC(=O)CCCCCCCCCCCCCCCC/C=C\C/C=C\C/C=C\C/C=C\CC. The minimum atomic E-state index is -0.801. The highest BCUT2D eigenvalue weighted by molar-refractivity contribution is 5.71. The Morgan fingerprint density at radius 1 is 0.284 bits per heavy atom. The van der Waals surface area contributed by atoms with Gasteiger partial charge in [0.05, 0.1) is 0 Å². The first-order valence-corrected chi connectivity index (χ1v) is 30.5. The van der Waals surface area contributed by atoms with Crippen LogP contribution in [0.3, 0.4) is 0 Å². The third-order valence-electron chi connectivity index (χ3n) is 12.7. The molecule has 1 unspecified atom stereocenters. The topological polar surface area (TPSA) is 78.9 Å². The number of carbonyl (C=O) groups excluding carboxylic acids is 3. The zero-order valence-electron chi connectivity index (χ0n) is 48.1. The van der Waals surface area contributed by atoms with Gasteiger partial charge in [0, 0.05) is 19.3 Å². The van der Waals surface area contributed by atoms with Gasteiger partial charge < -0.3 is 14.2 Å². The number of ether oxygens (including phenoxy) is 3. The van der Waals surface area contributed by atoms with E-state index in [-0.39, 0.29) is 37.5 Å². The van der Waals surface area contributed by atoms with Gasteiger partial charge in [0.2, 0.25) is 0 Å². The molecule has 0 aliphatic carbocycles. The molecule has 74 heavy (non-hydrogen) atoms. The van der Waals surface area contributed by atoms with Crippen LogP contribution in [-0.4, -0.2) is 37.2 Å². The van der Waals surface area contributed by atoms with Crippen LogP contribution in [0, 0.1) is 0 Å². The van der Waals surface area contributed by atoms with Gasteiger partial charge in [-0.15, -0.1) is 0 Å².